The second kappa shape index (κ2) is 7.31. The van der Waals surface area contributed by atoms with Crippen molar-refractivity contribution in [2.45, 2.75) is 50.9 Å². The zero-order valence-electron chi connectivity index (χ0n) is 13.3. The molecular weight excluding hydrogens is 288 g/mol. The molecule has 122 valence electrons. The minimum absolute atomic E-state index is 0.0614. The van der Waals surface area contributed by atoms with Gasteiger partial charge in [0.25, 0.3) is 0 Å². The molecule has 1 aromatic carbocycles. The quantitative estimate of drug-likeness (QED) is 0.595. The van der Waals surface area contributed by atoms with E-state index in [4.69, 9.17) is 5.73 Å². The number of aromatic nitrogens is 2. The summed E-state index contributed by atoms with van der Waals surface area (Å²) in [6.07, 6.45) is 7.96. The van der Waals surface area contributed by atoms with Gasteiger partial charge in [-0.05, 0) is 30.5 Å². The fraction of sp³-hybridized carbons (Fsp3) is 0.444. The molecule has 3 rings (SSSR count). The molecule has 0 bridgehead atoms. The first-order valence-corrected chi connectivity index (χ1v) is 8.40. The SMILES string of the molecule is Nc1ccc(CC(=O)Nc2cc(C3CCCCCC3)[nH]n2)cc1. The maximum Gasteiger partial charge on any atom is 0.229 e. The molecule has 4 N–H and O–H groups in total. The number of hydrogen-bond donors (Lipinski definition) is 3. The van der Waals surface area contributed by atoms with Crippen molar-refractivity contribution in [3.8, 4) is 0 Å². The minimum atomic E-state index is -0.0614. The number of nitrogens with two attached hydrogens (primary N) is 1. The van der Waals surface area contributed by atoms with Crippen molar-refractivity contribution in [1.29, 1.82) is 0 Å². The lowest BCUT2D eigenvalue weighted by atomic mass is 9.97. The highest BCUT2D eigenvalue weighted by molar-refractivity contribution is 5.91. The first-order chi connectivity index (χ1) is 11.2. The van der Waals surface area contributed by atoms with E-state index in [1.54, 1.807) is 12.1 Å². The number of rotatable bonds is 4. The molecule has 1 aliphatic carbocycles. The van der Waals surface area contributed by atoms with Crippen LogP contribution in [0.5, 0.6) is 0 Å². The maximum atomic E-state index is 12.1. The van der Waals surface area contributed by atoms with Gasteiger partial charge in [-0.1, -0.05) is 37.8 Å². The molecule has 0 atom stereocenters. The molecule has 1 saturated carbocycles. The third kappa shape index (κ3) is 4.34. The Labute approximate surface area is 136 Å². The van der Waals surface area contributed by atoms with E-state index in [9.17, 15) is 4.79 Å². The van der Waals surface area contributed by atoms with E-state index in [0.29, 0.717) is 23.8 Å². The van der Waals surface area contributed by atoms with E-state index < -0.39 is 0 Å². The van der Waals surface area contributed by atoms with Crippen molar-refractivity contribution in [3.05, 3.63) is 41.6 Å². The zero-order chi connectivity index (χ0) is 16.1. The number of carbonyl (C=O) groups is 1. The van der Waals surface area contributed by atoms with E-state index in [1.807, 2.05) is 18.2 Å². The lowest BCUT2D eigenvalue weighted by molar-refractivity contribution is -0.115. The number of H-pyrrole nitrogens is 1. The molecular formula is C18H24N4O. The van der Waals surface area contributed by atoms with Gasteiger partial charge in [-0.15, -0.1) is 0 Å². The fourth-order valence-corrected chi connectivity index (χ4v) is 3.21. The fourth-order valence-electron chi connectivity index (χ4n) is 3.21. The highest BCUT2D eigenvalue weighted by atomic mass is 16.1. The van der Waals surface area contributed by atoms with Gasteiger partial charge in [-0.25, -0.2) is 0 Å². The molecule has 1 fully saturated rings. The lowest BCUT2D eigenvalue weighted by Gasteiger charge is -2.10. The standard InChI is InChI=1S/C18H24N4O/c19-15-9-7-13(8-10-15)11-18(23)20-17-12-16(21-22-17)14-5-3-1-2-4-6-14/h7-10,12,14H,1-6,11,19H2,(H2,20,21,22,23). The van der Waals surface area contributed by atoms with Crippen LogP contribution < -0.4 is 11.1 Å². The Morgan fingerprint density at radius 2 is 1.87 bits per heavy atom. The van der Waals surface area contributed by atoms with E-state index in [1.165, 1.54) is 38.5 Å². The molecule has 0 aliphatic heterocycles. The summed E-state index contributed by atoms with van der Waals surface area (Å²) in [7, 11) is 0. The van der Waals surface area contributed by atoms with Crippen LogP contribution in [0.15, 0.2) is 30.3 Å². The molecule has 1 aromatic heterocycles. The van der Waals surface area contributed by atoms with Gasteiger partial charge in [-0.2, -0.15) is 5.10 Å². The van der Waals surface area contributed by atoms with Crippen molar-refractivity contribution in [2.24, 2.45) is 0 Å². The number of nitrogens with zero attached hydrogens (tertiary/aromatic N) is 1. The number of nitrogens with one attached hydrogen (secondary N) is 2. The van der Waals surface area contributed by atoms with Crippen LogP contribution in [0.4, 0.5) is 11.5 Å². The Bertz CT molecular complexity index is 639. The van der Waals surface area contributed by atoms with Crippen molar-refractivity contribution in [2.75, 3.05) is 11.1 Å². The molecule has 1 heterocycles. The summed E-state index contributed by atoms with van der Waals surface area (Å²) in [5.41, 5.74) is 8.44. The number of aromatic amines is 1. The Morgan fingerprint density at radius 3 is 2.57 bits per heavy atom. The van der Waals surface area contributed by atoms with Crippen molar-refractivity contribution < 1.29 is 4.79 Å². The number of benzene rings is 1. The number of carbonyl (C=O) groups excluding carboxylic acids is 1. The molecule has 0 saturated heterocycles. The Morgan fingerprint density at radius 1 is 1.17 bits per heavy atom. The van der Waals surface area contributed by atoms with E-state index in [-0.39, 0.29) is 5.91 Å². The van der Waals surface area contributed by atoms with E-state index in [2.05, 4.69) is 15.5 Å². The van der Waals surface area contributed by atoms with Gasteiger partial charge in [0.15, 0.2) is 5.82 Å². The van der Waals surface area contributed by atoms with Crippen molar-refractivity contribution in [1.82, 2.24) is 10.2 Å². The van der Waals surface area contributed by atoms with Gasteiger partial charge in [0.05, 0.1) is 6.42 Å². The van der Waals surface area contributed by atoms with Crippen LogP contribution in [0.25, 0.3) is 0 Å². The summed E-state index contributed by atoms with van der Waals surface area (Å²) < 4.78 is 0. The zero-order valence-corrected chi connectivity index (χ0v) is 13.3. The lowest BCUT2D eigenvalue weighted by Crippen LogP contribution is -2.14. The van der Waals surface area contributed by atoms with Gasteiger partial charge < -0.3 is 11.1 Å². The predicted molar refractivity (Wildman–Crippen MR) is 92.2 cm³/mol. The second-order valence-corrected chi connectivity index (χ2v) is 6.36. The first-order valence-electron chi connectivity index (χ1n) is 8.40. The Balaban J connectivity index is 1.57. The van der Waals surface area contributed by atoms with Gasteiger partial charge in [0.2, 0.25) is 5.91 Å². The summed E-state index contributed by atoms with van der Waals surface area (Å²) in [6, 6.07) is 9.34. The van der Waals surface area contributed by atoms with Crippen LogP contribution in [0, 0.1) is 0 Å². The largest absolute Gasteiger partial charge is 0.399 e. The molecule has 1 aliphatic rings. The number of anilines is 2. The average molecular weight is 312 g/mol. The van der Waals surface area contributed by atoms with Crippen LogP contribution in [-0.4, -0.2) is 16.1 Å². The normalized spacial score (nSPS) is 16.0. The van der Waals surface area contributed by atoms with Crippen LogP contribution in [0.3, 0.4) is 0 Å². The minimum Gasteiger partial charge on any atom is -0.399 e. The van der Waals surface area contributed by atoms with Crippen LogP contribution >= 0.6 is 0 Å². The number of amides is 1. The molecule has 5 nitrogen and oxygen atoms in total. The van der Waals surface area contributed by atoms with Gasteiger partial charge >= 0.3 is 0 Å². The second-order valence-electron chi connectivity index (χ2n) is 6.36. The van der Waals surface area contributed by atoms with Crippen molar-refractivity contribution in [3.63, 3.8) is 0 Å². The molecule has 0 unspecified atom stereocenters. The first kappa shape index (κ1) is 15.6. The number of hydrogen-bond acceptors (Lipinski definition) is 3. The van der Waals surface area contributed by atoms with Gasteiger partial charge in [-0.3, -0.25) is 9.89 Å². The molecule has 0 spiro atoms. The Hall–Kier alpha value is -2.30. The summed E-state index contributed by atoms with van der Waals surface area (Å²) in [4.78, 5) is 12.1. The molecule has 0 radical (unpaired) electrons. The number of nitrogen functional groups attached to an aromatic ring is 1. The van der Waals surface area contributed by atoms with Crippen LogP contribution in [-0.2, 0) is 11.2 Å². The summed E-state index contributed by atoms with van der Waals surface area (Å²) in [5, 5.41) is 10.2. The third-order valence-electron chi connectivity index (χ3n) is 4.50. The topological polar surface area (TPSA) is 83.8 Å². The van der Waals surface area contributed by atoms with E-state index in [0.717, 1.165) is 11.3 Å². The third-order valence-corrected chi connectivity index (χ3v) is 4.50. The summed E-state index contributed by atoms with van der Waals surface area (Å²) >= 11 is 0. The van der Waals surface area contributed by atoms with Crippen molar-refractivity contribution >= 4 is 17.4 Å². The highest BCUT2D eigenvalue weighted by Crippen LogP contribution is 2.31. The monoisotopic (exact) mass is 312 g/mol. The maximum absolute atomic E-state index is 12.1. The molecule has 23 heavy (non-hydrogen) atoms. The predicted octanol–water partition coefficient (Wildman–Crippen LogP) is 3.61. The van der Waals surface area contributed by atoms with Crippen LogP contribution in [0.1, 0.15) is 55.7 Å². The molecule has 5 heteroatoms. The average Bonchev–Trinajstić information content (AvgIpc) is 2.83. The summed E-state index contributed by atoms with van der Waals surface area (Å²) in [5.74, 6) is 1.10. The van der Waals surface area contributed by atoms with E-state index >= 15 is 0 Å². The van der Waals surface area contributed by atoms with Gasteiger partial charge in [0, 0.05) is 23.4 Å². The smallest absolute Gasteiger partial charge is 0.229 e. The van der Waals surface area contributed by atoms with Crippen LogP contribution in [0.2, 0.25) is 0 Å². The highest BCUT2D eigenvalue weighted by Gasteiger charge is 2.17. The molecule has 2 aromatic rings. The Kier molecular flexibility index (Phi) is 4.95. The molecule has 1 amide bonds. The summed E-state index contributed by atoms with van der Waals surface area (Å²) in [6.45, 7) is 0. The van der Waals surface area contributed by atoms with Gasteiger partial charge in [0.1, 0.15) is 0 Å².